The molecule has 2 rings (SSSR count). The maximum atomic E-state index is 3.77. The lowest BCUT2D eigenvalue weighted by Gasteiger charge is -2.11. The molecule has 0 fully saturated rings. The number of thiophene rings is 1. The third-order valence-electron chi connectivity index (χ3n) is 2.77. The molecular formula is C14H14Br2S. The molecule has 0 nitrogen and oxygen atoms in total. The van der Waals surface area contributed by atoms with Crippen molar-refractivity contribution in [1.29, 1.82) is 0 Å². The average Bonchev–Trinajstić information content (AvgIpc) is 2.74. The Balaban J connectivity index is 2.26. The molecule has 0 saturated heterocycles. The number of hydrogen-bond donors (Lipinski definition) is 0. The Bertz CT molecular complexity index is 485. The second-order valence-electron chi connectivity index (χ2n) is 4.32. The highest BCUT2D eigenvalue weighted by Crippen LogP contribution is 2.39. The van der Waals surface area contributed by atoms with E-state index in [1.165, 1.54) is 20.5 Å². The van der Waals surface area contributed by atoms with Gasteiger partial charge in [-0.25, -0.2) is 0 Å². The van der Waals surface area contributed by atoms with E-state index in [1.54, 1.807) is 11.3 Å². The zero-order chi connectivity index (χ0) is 12.4. The summed E-state index contributed by atoms with van der Waals surface area (Å²) in [4.78, 5) is 1.60. The Hall–Kier alpha value is -0.120. The highest BCUT2D eigenvalue weighted by atomic mass is 79.9. The second-order valence-corrected chi connectivity index (χ2v) is 7.03. The van der Waals surface area contributed by atoms with Crippen molar-refractivity contribution >= 4 is 43.2 Å². The Morgan fingerprint density at radius 2 is 1.59 bits per heavy atom. The van der Waals surface area contributed by atoms with Crippen LogP contribution in [0.3, 0.4) is 0 Å². The highest BCUT2D eigenvalue weighted by molar-refractivity contribution is 9.11. The van der Waals surface area contributed by atoms with Gasteiger partial charge in [0.05, 0.1) is 4.83 Å². The maximum Gasteiger partial charge on any atom is 0.0749 e. The molecule has 1 atom stereocenters. The van der Waals surface area contributed by atoms with Crippen LogP contribution in [0, 0.1) is 0 Å². The summed E-state index contributed by atoms with van der Waals surface area (Å²) in [5.74, 6) is 0.589. The van der Waals surface area contributed by atoms with Gasteiger partial charge in [-0.3, -0.25) is 0 Å². The van der Waals surface area contributed by atoms with Crippen LogP contribution in [0.25, 0.3) is 0 Å². The molecule has 3 heteroatoms. The Kier molecular flexibility index (Phi) is 4.45. The number of hydrogen-bond acceptors (Lipinski definition) is 1. The maximum absolute atomic E-state index is 3.77. The van der Waals surface area contributed by atoms with E-state index >= 15 is 0 Å². The highest BCUT2D eigenvalue weighted by Gasteiger charge is 2.14. The monoisotopic (exact) mass is 372 g/mol. The fourth-order valence-corrected chi connectivity index (χ4v) is 4.47. The van der Waals surface area contributed by atoms with Crippen LogP contribution >= 0.6 is 43.2 Å². The van der Waals surface area contributed by atoms with Crippen LogP contribution in [0.2, 0.25) is 0 Å². The molecule has 2 aromatic rings. The van der Waals surface area contributed by atoms with E-state index in [4.69, 9.17) is 0 Å². The van der Waals surface area contributed by atoms with Crippen molar-refractivity contribution in [2.45, 2.75) is 24.6 Å². The normalized spacial score (nSPS) is 13.0. The minimum Gasteiger partial charge on any atom is -0.146 e. The van der Waals surface area contributed by atoms with E-state index in [2.05, 4.69) is 81.4 Å². The van der Waals surface area contributed by atoms with Crippen LogP contribution in [0.15, 0.2) is 40.2 Å². The molecule has 0 aliphatic rings. The van der Waals surface area contributed by atoms with Gasteiger partial charge in [0, 0.05) is 9.35 Å². The van der Waals surface area contributed by atoms with Crippen molar-refractivity contribution < 1.29 is 0 Å². The first-order chi connectivity index (χ1) is 8.09. The summed E-state index contributed by atoms with van der Waals surface area (Å²) >= 11 is 9.12. The number of rotatable bonds is 3. The molecule has 1 heterocycles. The molecular weight excluding hydrogens is 360 g/mol. The summed E-state index contributed by atoms with van der Waals surface area (Å²) in [5, 5.41) is 2.11. The Morgan fingerprint density at radius 1 is 1.00 bits per heavy atom. The third-order valence-corrected chi connectivity index (χ3v) is 6.00. The topological polar surface area (TPSA) is 0 Å². The van der Waals surface area contributed by atoms with E-state index in [0.29, 0.717) is 5.92 Å². The van der Waals surface area contributed by atoms with E-state index in [9.17, 15) is 0 Å². The lowest BCUT2D eigenvalue weighted by Crippen LogP contribution is -1.92. The molecule has 1 aromatic carbocycles. The van der Waals surface area contributed by atoms with Crippen molar-refractivity contribution in [3.8, 4) is 0 Å². The average molecular weight is 374 g/mol. The molecule has 1 unspecified atom stereocenters. The van der Waals surface area contributed by atoms with Gasteiger partial charge in [0.25, 0.3) is 0 Å². The van der Waals surface area contributed by atoms with Gasteiger partial charge in [-0.15, -0.1) is 11.3 Å². The first kappa shape index (κ1) is 13.3. The quantitative estimate of drug-likeness (QED) is 0.568. The molecule has 0 aliphatic heterocycles. The molecule has 0 spiro atoms. The fraction of sp³-hybridized carbons (Fsp3) is 0.286. The molecule has 17 heavy (non-hydrogen) atoms. The predicted octanol–water partition coefficient (Wildman–Crippen LogP) is 6.12. The van der Waals surface area contributed by atoms with Gasteiger partial charge in [0.15, 0.2) is 0 Å². The van der Waals surface area contributed by atoms with Gasteiger partial charge in [0.2, 0.25) is 0 Å². The Morgan fingerprint density at radius 3 is 2.06 bits per heavy atom. The lowest BCUT2D eigenvalue weighted by molar-refractivity contribution is 0.865. The van der Waals surface area contributed by atoms with Crippen molar-refractivity contribution in [3.05, 3.63) is 56.2 Å². The Labute approximate surface area is 123 Å². The molecule has 0 aliphatic carbocycles. The fourth-order valence-electron chi connectivity index (χ4n) is 1.69. The second kappa shape index (κ2) is 5.68. The predicted molar refractivity (Wildman–Crippen MR) is 83.3 cm³/mol. The van der Waals surface area contributed by atoms with Crippen LogP contribution in [0.5, 0.6) is 0 Å². The van der Waals surface area contributed by atoms with Gasteiger partial charge in [-0.05, 0) is 44.4 Å². The van der Waals surface area contributed by atoms with Crippen LogP contribution in [0.4, 0.5) is 0 Å². The molecule has 0 saturated carbocycles. The van der Waals surface area contributed by atoms with Gasteiger partial charge >= 0.3 is 0 Å². The summed E-state index contributed by atoms with van der Waals surface area (Å²) in [5.41, 5.74) is 2.69. The third kappa shape index (κ3) is 3.01. The molecule has 0 radical (unpaired) electrons. The largest absolute Gasteiger partial charge is 0.146 e. The number of halogens is 2. The minimum absolute atomic E-state index is 0.276. The summed E-state index contributed by atoms with van der Waals surface area (Å²) in [6, 6.07) is 10.9. The van der Waals surface area contributed by atoms with Crippen molar-refractivity contribution in [2.75, 3.05) is 0 Å². The van der Waals surface area contributed by atoms with E-state index < -0.39 is 0 Å². The summed E-state index contributed by atoms with van der Waals surface area (Å²) in [6.07, 6.45) is 0. The van der Waals surface area contributed by atoms with Crippen LogP contribution < -0.4 is 0 Å². The van der Waals surface area contributed by atoms with Gasteiger partial charge in [-0.1, -0.05) is 54.0 Å². The van der Waals surface area contributed by atoms with Crippen LogP contribution in [-0.2, 0) is 0 Å². The van der Waals surface area contributed by atoms with Gasteiger partial charge in [0.1, 0.15) is 0 Å². The van der Waals surface area contributed by atoms with Crippen molar-refractivity contribution in [3.63, 3.8) is 0 Å². The lowest BCUT2D eigenvalue weighted by atomic mass is 10.0. The first-order valence-electron chi connectivity index (χ1n) is 5.56. The molecule has 1 aromatic heterocycles. The van der Waals surface area contributed by atoms with E-state index in [1.807, 2.05) is 0 Å². The summed E-state index contributed by atoms with van der Waals surface area (Å²) in [7, 11) is 0. The summed E-state index contributed by atoms with van der Waals surface area (Å²) < 4.78 is 1.18. The number of benzene rings is 1. The van der Waals surface area contributed by atoms with E-state index in [0.717, 1.165) is 0 Å². The van der Waals surface area contributed by atoms with Crippen LogP contribution in [-0.4, -0.2) is 0 Å². The standard InChI is InChI=1S/C14H14Br2S/c1-9(2)10-3-5-11(6-4-10)13(16)14-12(15)7-8-17-14/h3-9,13H,1-2H3. The molecule has 0 bridgehead atoms. The molecule has 90 valence electrons. The smallest absolute Gasteiger partial charge is 0.0749 e. The number of alkyl halides is 1. The zero-order valence-corrected chi connectivity index (χ0v) is 13.8. The van der Waals surface area contributed by atoms with E-state index in [-0.39, 0.29) is 4.83 Å². The van der Waals surface area contributed by atoms with Gasteiger partial charge in [-0.2, -0.15) is 0 Å². The molecule has 0 N–H and O–H groups in total. The SMILES string of the molecule is CC(C)c1ccc(C(Br)c2sccc2Br)cc1. The zero-order valence-electron chi connectivity index (χ0n) is 9.78. The van der Waals surface area contributed by atoms with Crippen LogP contribution in [0.1, 0.15) is 40.6 Å². The van der Waals surface area contributed by atoms with Crippen molar-refractivity contribution in [2.24, 2.45) is 0 Å². The van der Waals surface area contributed by atoms with Gasteiger partial charge < -0.3 is 0 Å². The minimum atomic E-state index is 0.276. The summed E-state index contributed by atoms with van der Waals surface area (Å²) in [6.45, 7) is 4.44. The first-order valence-corrected chi connectivity index (χ1v) is 8.15. The molecule has 0 amide bonds. The van der Waals surface area contributed by atoms with Crippen molar-refractivity contribution in [1.82, 2.24) is 0 Å².